The van der Waals surface area contributed by atoms with Crippen LogP contribution in [-0.2, 0) is 19.1 Å². The maximum Gasteiger partial charge on any atom is 0.139 e. The highest BCUT2D eigenvalue weighted by molar-refractivity contribution is 4.66. The van der Waals surface area contributed by atoms with Crippen LogP contribution in [0.4, 0.5) is 0 Å². The highest BCUT2D eigenvalue weighted by atomic mass is 17.1. The molecule has 2 atom stereocenters. The Bertz CT molecular complexity index is 131. The van der Waals surface area contributed by atoms with Crippen LogP contribution in [0, 0.1) is 5.21 Å². The highest BCUT2D eigenvalue weighted by Gasteiger charge is 2.27. The standard InChI is InChI=1S/C6H11NO5/c8-7(11-3-5-1-9-5)12-4-6-2-10-6/h5-7H,1-4H2. The van der Waals surface area contributed by atoms with Gasteiger partial charge in [-0.1, -0.05) is 5.39 Å². The molecule has 6 nitrogen and oxygen atoms in total. The van der Waals surface area contributed by atoms with Gasteiger partial charge in [0, 0.05) is 0 Å². The highest BCUT2D eigenvalue weighted by Crippen LogP contribution is 2.08. The molecule has 12 heavy (non-hydrogen) atoms. The molecule has 0 aromatic carbocycles. The van der Waals surface area contributed by atoms with Gasteiger partial charge in [0.15, 0.2) is 0 Å². The van der Waals surface area contributed by atoms with Crippen LogP contribution < -0.4 is 5.39 Å². The zero-order valence-electron chi connectivity index (χ0n) is 6.52. The fourth-order valence-electron chi connectivity index (χ4n) is 0.692. The molecule has 2 fully saturated rings. The molecule has 0 aromatic rings. The molecule has 0 saturated carbocycles. The lowest BCUT2D eigenvalue weighted by Gasteiger charge is -2.15. The molecule has 70 valence electrons. The third kappa shape index (κ3) is 3.02. The van der Waals surface area contributed by atoms with Crippen molar-refractivity contribution in [1.29, 1.82) is 0 Å². The van der Waals surface area contributed by atoms with Crippen molar-refractivity contribution in [2.75, 3.05) is 26.4 Å². The van der Waals surface area contributed by atoms with Crippen molar-refractivity contribution in [2.24, 2.45) is 0 Å². The van der Waals surface area contributed by atoms with Crippen LogP contribution in [-0.4, -0.2) is 38.6 Å². The zero-order chi connectivity index (χ0) is 8.39. The van der Waals surface area contributed by atoms with E-state index in [1.807, 2.05) is 0 Å². The molecule has 2 aliphatic heterocycles. The lowest BCUT2D eigenvalue weighted by atomic mass is 10.5. The predicted molar refractivity (Wildman–Crippen MR) is 35.7 cm³/mol. The second-order valence-electron chi connectivity index (χ2n) is 2.78. The second kappa shape index (κ2) is 3.65. The lowest BCUT2D eigenvalue weighted by Crippen LogP contribution is -3.05. The predicted octanol–water partition coefficient (Wildman–Crippen LogP) is -1.97. The quantitative estimate of drug-likeness (QED) is 0.376. The average molecular weight is 177 g/mol. The van der Waals surface area contributed by atoms with E-state index in [2.05, 4.69) is 0 Å². The van der Waals surface area contributed by atoms with Crippen LogP contribution in [0.15, 0.2) is 0 Å². The van der Waals surface area contributed by atoms with Crippen molar-refractivity contribution in [3.8, 4) is 0 Å². The first-order valence-corrected chi connectivity index (χ1v) is 3.87. The van der Waals surface area contributed by atoms with Crippen LogP contribution in [0.5, 0.6) is 0 Å². The van der Waals surface area contributed by atoms with Crippen LogP contribution in [0.1, 0.15) is 0 Å². The Labute approximate surface area is 69.4 Å². The summed E-state index contributed by atoms with van der Waals surface area (Å²) in [5.41, 5.74) is 0. The molecular formula is C6H11NO5. The summed E-state index contributed by atoms with van der Waals surface area (Å²) in [4.78, 5) is 9.40. The van der Waals surface area contributed by atoms with E-state index in [9.17, 15) is 5.21 Å². The van der Waals surface area contributed by atoms with Gasteiger partial charge >= 0.3 is 0 Å². The largest absolute Gasteiger partial charge is 0.566 e. The Morgan fingerprint density at radius 3 is 1.92 bits per heavy atom. The molecule has 2 rings (SSSR count). The number of nitrogens with one attached hydrogen (secondary N) is 1. The fourth-order valence-corrected chi connectivity index (χ4v) is 0.692. The molecule has 0 spiro atoms. The Kier molecular flexibility index (Phi) is 2.54. The van der Waals surface area contributed by atoms with Gasteiger partial charge in [0.1, 0.15) is 25.4 Å². The van der Waals surface area contributed by atoms with Gasteiger partial charge in [-0.2, -0.15) is 9.68 Å². The van der Waals surface area contributed by atoms with E-state index in [0.29, 0.717) is 26.4 Å². The number of hydrogen-bond acceptors (Lipinski definition) is 5. The zero-order valence-corrected chi connectivity index (χ0v) is 6.52. The van der Waals surface area contributed by atoms with Crippen LogP contribution in [0.3, 0.4) is 0 Å². The summed E-state index contributed by atoms with van der Waals surface area (Å²) in [6.45, 7) is 1.95. The summed E-state index contributed by atoms with van der Waals surface area (Å²) >= 11 is 0. The average Bonchev–Trinajstić information content (AvgIpc) is 2.89. The second-order valence-corrected chi connectivity index (χ2v) is 2.78. The Hall–Kier alpha value is -0.240. The molecule has 0 aliphatic carbocycles. The van der Waals surface area contributed by atoms with E-state index in [4.69, 9.17) is 19.1 Å². The first-order chi connectivity index (χ1) is 5.84. The minimum Gasteiger partial charge on any atom is -0.566 e. The van der Waals surface area contributed by atoms with Crippen molar-refractivity contribution in [3.63, 3.8) is 0 Å². The molecule has 0 amide bonds. The van der Waals surface area contributed by atoms with Gasteiger partial charge in [-0.05, 0) is 0 Å². The Balaban J connectivity index is 1.47. The smallest absolute Gasteiger partial charge is 0.139 e. The summed E-state index contributed by atoms with van der Waals surface area (Å²) in [6, 6.07) is 0. The SMILES string of the molecule is [O-][NH+](OCC1CO1)OCC1CO1. The minimum absolute atomic E-state index is 0.0923. The van der Waals surface area contributed by atoms with Crippen LogP contribution >= 0.6 is 0 Å². The van der Waals surface area contributed by atoms with Crippen molar-refractivity contribution in [2.45, 2.75) is 12.2 Å². The van der Waals surface area contributed by atoms with Gasteiger partial charge < -0.3 is 14.7 Å². The Morgan fingerprint density at radius 1 is 1.17 bits per heavy atom. The van der Waals surface area contributed by atoms with Crippen LogP contribution in [0.25, 0.3) is 0 Å². The lowest BCUT2D eigenvalue weighted by molar-refractivity contribution is -1.21. The molecule has 2 heterocycles. The normalized spacial score (nSPS) is 34.8. The van der Waals surface area contributed by atoms with E-state index in [0.717, 1.165) is 0 Å². The number of quaternary nitrogens is 1. The number of hydrogen-bond donors (Lipinski definition) is 1. The van der Waals surface area contributed by atoms with E-state index in [1.165, 1.54) is 0 Å². The van der Waals surface area contributed by atoms with Crippen molar-refractivity contribution in [1.82, 2.24) is 0 Å². The molecule has 1 N–H and O–H groups in total. The van der Waals surface area contributed by atoms with Crippen LogP contribution in [0.2, 0.25) is 0 Å². The topological polar surface area (TPSA) is 71.0 Å². The summed E-state index contributed by atoms with van der Waals surface area (Å²) in [5, 5.41) is 10.1. The molecule has 0 bridgehead atoms. The number of ether oxygens (including phenoxy) is 2. The first kappa shape index (κ1) is 8.36. The van der Waals surface area contributed by atoms with Gasteiger partial charge in [-0.3, -0.25) is 0 Å². The fraction of sp³-hybridized carbons (Fsp3) is 1.00. The van der Waals surface area contributed by atoms with E-state index in [1.54, 1.807) is 0 Å². The van der Waals surface area contributed by atoms with Gasteiger partial charge in [-0.15, -0.1) is 0 Å². The first-order valence-electron chi connectivity index (χ1n) is 3.87. The van der Waals surface area contributed by atoms with E-state index in [-0.39, 0.29) is 12.2 Å². The van der Waals surface area contributed by atoms with Gasteiger partial charge in [-0.25, -0.2) is 0 Å². The van der Waals surface area contributed by atoms with Crippen molar-refractivity contribution >= 4 is 0 Å². The van der Waals surface area contributed by atoms with E-state index < -0.39 is 5.39 Å². The molecule has 0 aromatic heterocycles. The third-order valence-electron chi connectivity index (χ3n) is 1.58. The summed E-state index contributed by atoms with van der Waals surface area (Å²) in [6.07, 6.45) is 0.185. The summed E-state index contributed by atoms with van der Waals surface area (Å²) in [5.74, 6) is 0. The molecule has 6 heteroatoms. The minimum atomic E-state index is -0.638. The molecule has 0 radical (unpaired) electrons. The van der Waals surface area contributed by atoms with Gasteiger partial charge in [0.2, 0.25) is 0 Å². The van der Waals surface area contributed by atoms with Crippen molar-refractivity contribution < 1.29 is 24.5 Å². The molecular weight excluding hydrogens is 166 g/mol. The number of rotatable bonds is 6. The van der Waals surface area contributed by atoms with Gasteiger partial charge in [0.05, 0.1) is 13.2 Å². The third-order valence-corrected chi connectivity index (χ3v) is 1.58. The maximum absolute atomic E-state index is 10.8. The number of epoxide rings is 2. The molecule has 2 unspecified atom stereocenters. The summed E-state index contributed by atoms with van der Waals surface area (Å²) < 4.78 is 9.68. The molecule has 2 saturated heterocycles. The van der Waals surface area contributed by atoms with E-state index >= 15 is 0 Å². The maximum atomic E-state index is 10.8. The van der Waals surface area contributed by atoms with Gasteiger partial charge in [0.25, 0.3) is 0 Å². The summed E-state index contributed by atoms with van der Waals surface area (Å²) in [7, 11) is 0. The van der Waals surface area contributed by atoms with Crippen molar-refractivity contribution in [3.05, 3.63) is 5.21 Å². The monoisotopic (exact) mass is 177 g/mol. The molecule has 2 aliphatic rings. The Morgan fingerprint density at radius 2 is 1.58 bits per heavy atom.